The molecule has 110 valence electrons. The molecule has 0 N–H and O–H groups in total. The third-order valence-corrected chi connectivity index (χ3v) is 2.89. The largest absolute Gasteiger partial charge is 0.434 e. The van der Waals surface area contributed by atoms with Gasteiger partial charge in [0.1, 0.15) is 0 Å². The second-order valence-electron chi connectivity index (χ2n) is 4.45. The maximum absolute atomic E-state index is 13.2. The number of halogens is 3. The Kier molecular flexibility index (Phi) is 3.67. The Hall–Kier alpha value is -2.44. The Balaban J connectivity index is 2.68. The number of aromatic nitrogens is 2. The average Bonchev–Trinajstić information content (AvgIpc) is 2.76. The first-order valence-electron chi connectivity index (χ1n) is 6.01. The first-order chi connectivity index (χ1) is 9.73. The molecule has 0 aliphatic heterocycles. The summed E-state index contributed by atoms with van der Waals surface area (Å²) in [6.07, 6.45) is -4.85. The molecule has 0 spiro atoms. The van der Waals surface area contributed by atoms with Crippen molar-refractivity contribution in [2.75, 3.05) is 0 Å². The smallest absolute Gasteiger partial charge is 0.294 e. The normalized spacial score (nSPS) is 11.5. The van der Waals surface area contributed by atoms with E-state index in [1.807, 2.05) is 0 Å². The number of ketones is 1. The van der Waals surface area contributed by atoms with Crippen molar-refractivity contribution in [1.82, 2.24) is 9.78 Å². The van der Waals surface area contributed by atoms with Crippen LogP contribution in [0.2, 0.25) is 0 Å². The van der Waals surface area contributed by atoms with Crippen molar-refractivity contribution in [3.05, 3.63) is 52.8 Å². The molecule has 2 aromatic rings. The maximum atomic E-state index is 13.2. The summed E-state index contributed by atoms with van der Waals surface area (Å²) in [4.78, 5) is 23.6. The fraction of sp³-hybridized carbons (Fsp3) is 0.214. The van der Waals surface area contributed by atoms with Gasteiger partial charge < -0.3 is 0 Å². The molecule has 0 amide bonds. The number of alkyl halides is 3. The number of aryl methyl sites for hydroxylation is 1. The van der Waals surface area contributed by atoms with Gasteiger partial charge in [-0.2, -0.15) is 23.0 Å². The molecule has 0 saturated heterocycles. The molecule has 0 fully saturated rings. The molecule has 0 bridgehead atoms. The first-order valence-corrected chi connectivity index (χ1v) is 6.01. The van der Waals surface area contributed by atoms with E-state index in [4.69, 9.17) is 0 Å². The molecule has 21 heavy (non-hydrogen) atoms. The first kappa shape index (κ1) is 15.0. The zero-order valence-corrected chi connectivity index (χ0v) is 11.2. The van der Waals surface area contributed by atoms with Crippen LogP contribution in [-0.2, 0) is 6.18 Å². The lowest BCUT2D eigenvalue weighted by atomic mass is 10.1. The van der Waals surface area contributed by atoms with Crippen LogP contribution in [0.15, 0.2) is 30.3 Å². The summed E-state index contributed by atoms with van der Waals surface area (Å²) in [5.74, 6) is -1.72. The average molecular weight is 296 g/mol. The quantitative estimate of drug-likeness (QED) is 0.800. The van der Waals surface area contributed by atoms with Gasteiger partial charge in [-0.15, -0.1) is 0 Å². The van der Waals surface area contributed by atoms with Crippen molar-refractivity contribution in [2.24, 2.45) is 0 Å². The van der Waals surface area contributed by atoms with Gasteiger partial charge in [0.2, 0.25) is 0 Å². The summed E-state index contributed by atoms with van der Waals surface area (Å²) in [5.41, 5.74) is -1.98. The Bertz CT molecular complexity index is 703. The Labute approximate surface area is 118 Å². The molecule has 1 heterocycles. The van der Waals surface area contributed by atoms with Crippen molar-refractivity contribution < 1.29 is 22.8 Å². The lowest BCUT2D eigenvalue weighted by Gasteiger charge is -2.10. The molecule has 4 nitrogen and oxygen atoms in total. The number of rotatable bonds is 2. The zero-order chi connectivity index (χ0) is 15.8. The van der Waals surface area contributed by atoms with Gasteiger partial charge in [-0.25, -0.2) is 0 Å². The Morgan fingerprint density at radius 3 is 2.19 bits per heavy atom. The lowest BCUT2D eigenvalue weighted by molar-refractivity contribution is -0.143. The predicted molar refractivity (Wildman–Crippen MR) is 68.1 cm³/mol. The number of hydrogen-bond acceptors (Lipinski definition) is 3. The number of carbonyl (C=O) groups excluding carboxylic acids is 2. The second kappa shape index (κ2) is 5.16. The number of benzene rings is 1. The van der Waals surface area contributed by atoms with Gasteiger partial charge in [-0.1, -0.05) is 18.2 Å². The molecule has 0 unspecified atom stereocenters. The van der Waals surface area contributed by atoms with E-state index in [9.17, 15) is 22.8 Å². The van der Waals surface area contributed by atoms with E-state index in [2.05, 4.69) is 5.10 Å². The van der Waals surface area contributed by atoms with Crippen LogP contribution in [0.25, 0.3) is 0 Å². The van der Waals surface area contributed by atoms with E-state index in [-0.39, 0.29) is 15.9 Å². The molecular formula is C14H11F3N2O2. The molecule has 0 atom stereocenters. The second-order valence-corrected chi connectivity index (χ2v) is 4.45. The van der Waals surface area contributed by atoms with E-state index in [1.54, 1.807) is 6.07 Å². The minimum absolute atomic E-state index is 0.0561. The number of carbonyl (C=O) groups is 2. The fourth-order valence-electron chi connectivity index (χ4n) is 2.06. The van der Waals surface area contributed by atoms with Crippen molar-refractivity contribution >= 4 is 11.7 Å². The molecule has 0 saturated carbocycles. The molecule has 0 aliphatic carbocycles. The summed E-state index contributed by atoms with van der Waals surface area (Å²) in [7, 11) is 0. The van der Waals surface area contributed by atoms with Gasteiger partial charge in [-0.3, -0.25) is 9.59 Å². The number of Topliss-reactive ketones (excluding diaryl/α,β-unsaturated/α-hetero) is 1. The van der Waals surface area contributed by atoms with Crippen LogP contribution in [0.1, 0.15) is 39.0 Å². The van der Waals surface area contributed by atoms with Gasteiger partial charge in [0, 0.05) is 5.56 Å². The van der Waals surface area contributed by atoms with Gasteiger partial charge in [0.15, 0.2) is 11.5 Å². The molecule has 2 rings (SSSR count). The van der Waals surface area contributed by atoms with Gasteiger partial charge >= 0.3 is 6.18 Å². The highest BCUT2D eigenvalue weighted by Gasteiger charge is 2.42. The van der Waals surface area contributed by atoms with Crippen LogP contribution < -0.4 is 0 Å². The molecule has 7 heteroatoms. The standard InChI is InChI=1S/C14H11F3N2O2/c1-8-11(9(2)20)12(14(15,16)17)19(18-8)13(21)10-6-4-3-5-7-10/h3-7H,1-2H3. The minimum Gasteiger partial charge on any atom is -0.294 e. The van der Waals surface area contributed by atoms with Crippen LogP contribution in [0.5, 0.6) is 0 Å². The van der Waals surface area contributed by atoms with Crippen LogP contribution in [0, 0.1) is 6.92 Å². The highest BCUT2D eigenvalue weighted by molar-refractivity contribution is 6.00. The number of nitrogens with zero attached hydrogens (tertiary/aromatic N) is 2. The van der Waals surface area contributed by atoms with Crippen molar-refractivity contribution in [3.63, 3.8) is 0 Å². The van der Waals surface area contributed by atoms with Gasteiger partial charge in [0.25, 0.3) is 5.91 Å². The Morgan fingerprint density at radius 1 is 1.14 bits per heavy atom. The molecular weight excluding hydrogens is 285 g/mol. The van der Waals surface area contributed by atoms with Crippen LogP contribution in [-0.4, -0.2) is 21.5 Å². The Morgan fingerprint density at radius 2 is 1.71 bits per heavy atom. The van der Waals surface area contributed by atoms with Gasteiger partial charge in [-0.05, 0) is 26.0 Å². The van der Waals surface area contributed by atoms with E-state index >= 15 is 0 Å². The lowest BCUT2D eigenvalue weighted by Crippen LogP contribution is -2.23. The van der Waals surface area contributed by atoms with Crippen LogP contribution in [0.4, 0.5) is 13.2 Å². The summed E-state index contributed by atoms with van der Waals surface area (Å²) in [6.45, 7) is 2.28. The molecule has 0 aliphatic rings. The minimum atomic E-state index is -4.85. The van der Waals surface area contributed by atoms with Gasteiger partial charge in [0.05, 0.1) is 11.3 Å². The van der Waals surface area contributed by atoms with Crippen molar-refractivity contribution in [2.45, 2.75) is 20.0 Å². The third-order valence-electron chi connectivity index (χ3n) is 2.89. The highest BCUT2D eigenvalue weighted by Crippen LogP contribution is 2.34. The van der Waals surface area contributed by atoms with Crippen LogP contribution in [0.3, 0.4) is 0 Å². The fourth-order valence-corrected chi connectivity index (χ4v) is 2.06. The van der Waals surface area contributed by atoms with Crippen molar-refractivity contribution in [3.8, 4) is 0 Å². The van der Waals surface area contributed by atoms with E-state index in [0.717, 1.165) is 6.92 Å². The number of hydrogen-bond donors (Lipinski definition) is 0. The molecule has 0 radical (unpaired) electrons. The van der Waals surface area contributed by atoms with Crippen molar-refractivity contribution in [1.29, 1.82) is 0 Å². The third kappa shape index (κ3) is 2.72. The summed E-state index contributed by atoms with van der Waals surface area (Å²) in [6, 6.07) is 7.46. The molecule has 1 aromatic heterocycles. The van der Waals surface area contributed by atoms with E-state index in [1.165, 1.54) is 31.2 Å². The summed E-state index contributed by atoms with van der Waals surface area (Å²) >= 11 is 0. The highest BCUT2D eigenvalue weighted by atomic mass is 19.4. The van der Waals surface area contributed by atoms with Crippen LogP contribution >= 0.6 is 0 Å². The SMILES string of the molecule is CC(=O)c1c(C)nn(C(=O)c2ccccc2)c1C(F)(F)F. The summed E-state index contributed by atoms with van der Waals surface area (Å²) in [5, 5.41) is 3.60. The monoisotopic (exact) mass is 296 g/mol. The van der Waals surface area contributed by atoms with E-state index < -0.39 is 29.1 Å². The zero-order valence-electron chi connectivity index (χ0n) is 11.2. The summed E-state index contributed by atoms with van der Waals surface area (Å²) < 4.78 is 39.8. The predicted octanol–water partition coefficient (Wildman–Crippen LogP) is 3.10. The maximum Gasteiger partial charge on any atom is 0.434 e. The topological polar surface area (TPSA) is 52.0 Å². The molecule has 1 aromatic carbocycles. The van der Waals surface area contributed by atoms with E-state index in [0.29, 0.717) is 0 Å².